The minimum atomic E-state index is -5.17. The van der Waals surface area contributed by atoms with Crippen molar-refractivity contribution in [2.45, 2.75) is 79.2 Å². The molecule has 43 heavy (non-hydrogen) atoms. The Balaban J connectivity index is 1.58. The Morgan fingerprint density at radius 2 is 1.74 bits per heavy atom. The molecule has 0 amide bonds. The van der Waals surface area contributed by atoms with E-state index in [4.69, 9.17) is 16.3 Å². The van der Waals surface area contributed by atoms with Gasteiger partial charge in [-0.1, -0.05) is 73.5 Å². The highest BCUT2D eigenvalue weighted by molar-refractivity contribution is 7.98. The number of nitrogens with one attached hydrogen (secondary N) is 1. The van der Waals surface area contributed by atoms with Gasteiger partial charge in [0.15, 0.2) is 5.60 Å². The summed E-state index contributed by atoms with van der Waals surface area (Å²) in [6.45, 7) is 4.93. The lowest BCUT2D eigenvalue weighted by molar-refractivity contribution is -0.270. The van der Waals surface area contributed by atoms with Crippen molar-refractivity contribution in [2.75, 3.05) is 6.26 Å². The van der Waals surface area contributed by atoms with E-state index < -0.39 is 58.2 Å². The number of fused-ring (bicyclic) bond motifs is 1. The van der Waals surface area contributed by atoms with Crippen LogP contribution in [0.4, 0.5) is 13.2 Å². The van der Waals surface area contributed by atoms with Crippen LogP contribution in [0.15, 0.2) is 76.5 Å². The van der Waals surface area contributed by atoms with E-state index in [0.29, 0.717) is 26.6 Å². The largest absolute Gasteiger partial charge is 0.460 e. The van der Waals surface area contributed by atoms with Crippen LogP contribution in [-0.4, -0.2) is 43.6 Å². The summed E-state index contributed by atoms with van der Waals surface area (Å²) in [6.07, 6.45) is -6.65. The quantitative estimate of drug-likeness (QED) is 0.182. The SMILES string of the molecule is CSc1cc(Cl)ccc1C(C)(C)C[C@](O)(CC(=O)O[C@@H]1Cc2ccccc2[C@@H]1NS(=O)(=O)c1ccc(C)cc1)C(F)(F)F. The molecule has 6 nitrogen and oxygen atoms in total. The summed E-state index contributed by atoms with van der Waals surface area (Å²) in [5.74, 6) is -1.30. The molecule has 0 fully saturated rings. The van der Waals surface area contributed by atoms with Crippen molar-refractivity contribution in [3.05, 3.63) is 94.0 Å². The van der Waals surface area contributed by atoms with Gasteiger partial charge >= 0.3 is 12.1 Å². The van der Waals surface area contributed by atoms with E-state index in [1.807, 2.05) is 6.92 Å². The van der Waals surface area contributed by atoms with E-state index in [2.05, 4.69) is 4.72 Å². The first-order valence-corrected chi connectivity index (χ1v) is 16.5. The van der Waals surface area contributed by atoms with Gasteiger partial charge in [0.25, 0.3) is 0 Å². The van der Waals surface area contributed by atoms with Crippen molar-refractivity contribution in [1.82, 2.24) is 4.72 Å². The Morgan fingerprint density at radius 1 is 1.09 bits per heavy atom. The van der Waals surface area contributed by atoms with Crippen LogP contribution in [0.2, 0.25) is 5.02 Å². The van der Waals surface area contributed by atoms with Crippen molar-refractivity contribution in [1.29, 1.82) is 0 Å². The Morgan fingerprint density at radius 3 is 2.37 bits per heavy atom. The second kappa shape index (κ2) is 12.4. The van der Waals surface area contributed by atoms with Crippen LogP contribution < -0.4 is 4.72 Å². The summed E-state index contributed by atoms with van der Waals surface area (Å²) in [5.41, 5.74) is -2.00. The van der Waals surface area contributed by atoms with Gasteiger partial charge < -0.3 is 9.84 Å². The van der Waals surface area contributed by atoms with Gasteiger partial charge in [0.05, 0.1) is 17.4 Å². The monoisotopic (exact) mass is 655 g/mol. The first kappa shape index (κ1) is 33.3. The minimum Gasteiger partial charge on any atom is -0.460 e. The number of sulfonamides is 1. The third kappa shape index (κ3) is 7.39. The fourth-order valence-corrected chi connectivity index (χ4v) is 7.81. The van der Waals surface area contributed by atoms with E-state index in [9.17, 15) is 31.5 Å². The Labute approximate surface area is 259 Å². The number of alkyl halides is 3. The van der Waals surface area contributed by atoms with Gasteiger partial charge in [0.2, 0.25) is 10.0 Å². The van der Waals surface area contributed by atoms with E-state index >= 15 is 0 Å². The molecule has 232 valence electrons. The van der Waals surface area contributed by atoms with Gasteiger partial charge in [-0.3, -0.25) is 4.79 Å². The Bertz CT molecular complexity index is 1600. The lowest BCUT2D eigenvalue weighted by atomic mass is 9.74. The van der Waals surface area contributed by atoms with Crippen molar-refractivity contribution < 1.29 is 36.2 Å². The molecule has 1 aliphatic rings. The lowest BCUT2D eigenvalue weighted by Gasteiger charge is -2.38. The molecule has 0 unspecified atom stereocenters. The first-order valence-electron chi connectivity index (χ1n) is 13.5. The Kier molecular flexibility index (Phi) is 9.64. The molecule has 0 radical (unpaired) electrons. The summed E-state index contributed by atoms with van der Waals surface area (Å²) >= 11 is 7.39. The molecular weight excluding hydrogens is 623 g/mol. The normalized spacial score (nSPS) is 18.6. The van der Waals surface area contributed by atoms with Crippen LogP contribution in [0.25, 0.3) is 0 Å². The predicted octanol–water partition coefficient (Wildman–Crippen LogP) is 6.91. The molecule has 3 aromatic carbocycles. The summed E-state index contributed by atoms with van der Waals surface area (Å²) in [6, 6.07) is 16.8. The van der Waals surface area contributed by atoms with E-state index in [1.165, 1.54) is 23.9 Å². The molecule has 0 aromatic heterocycles. The van der Waals surface area contributed by atoms with Crippen molar-refractivity contribution >= 4 is 39.4 Å². The maximum Gasteiger partial charge on any atom is 0.417 e. The molecule has 1 aliphatic carbocycles. The van der Waals surface area contributed by atoms with E-state index in [1.54, 1.807) is 74.7 Å². The maximum absolute atomic E-state index is 14.4. The number of hydrogen-bond donors (Lipinski definition) is 2. The highest BCUT2D eigenvalue weighted by Crippen LogP contribution is 2.46. The third-order valence-corrected chi connectivity index (χ3v) is 10.1. The molecule has 0 saturated carbocycles. The van der Waals surface area contributed by atoms with Gasteiger partial charge in [-0.25, -0.2) is 8.42 Å². The summed E-state index contributed by atoms with van der Waals surface area (Å²) in [4.78, 5) is 13.8. The number of aryl methyl sites for hydroxylation is 1. The zero-order valence-corrected chi connectivity index (χ0v) is 26.4. The van der Waals surface area contributed by atoms with Gasteiger partial charge in [-0.15, -0.1) is 11.8 Å². The molecule has 3 atom stereocenters. The molecule has 0 saturated heterocycles. The standard InChI is InChI=1S/C31H33ClF3NO5S2/c1-19-9-12-22(13-10-19)43(39,40)36-28-23-8-6-5-7-20(23)15-25(28)41-27(37)17-30(38,31(33,34)35)18-29(2,3)24-14-11-21(32)16-26(24)42-4/h5-14,16,25,28,36,38H,15,17-18H2,1-4H3/t25-,28+,30-/m1/s1. The second-order valence-corrected chi connectivity index (χ2v) is 14.5. The number of rotatable bonds is 10. The van der Waals surface area contributed by atoms with Gasteiger partial charge in [-0.2, -0.15) is 17.9 Å². The maximum atomic E-state index is 14.4. The predicted molar refractivity (Wildman–Crippen MR) is 161 cm³/mol. The van der Waals surface area contributed by atoms with Crippen molar-refractivity contribution in [3.63, 3.8) is 0 Å². The van der Waals surface area contributed by atoms with Crippen LogP contribution in [0.1, 0.15) is 55.0 Å². The number of halogens is 4. The Hall–Kier alpha value is -2.57. The summed E-state index contributed by atoms with van der Waals surface area (Å²) in [7, 11) is -4.08. The highest BCUT2D eigenvalue weighted by atomic mass is 35.5. The number of esters is 1. The number of benzene rings is 3. The number of aliphatic hydroxyl groups is 1. The smallest absolute Gasteiger partial charge is 0.417 e. The van der Waals surface area contributed by atoms with Crippen LogP contribution in [0.3, 0.4) is 0 Å². The first-order chi connectivity index (χ1) is 20.0. The number of hydrogen-bond acceptors (Lipinski definition) is 6. The fraction of sp³-hybridized carbons (Fsp3) is 0.387. The van der Waals surface area contributed by atoms with Gasteiger partial charge in [-0.05, 0) is 66.0 Å². The molecule has 0 bridgehead atoms. The number of thioether (sulfide) groups is 1. The number of carbonyl (C=O) groups is 1. The van der Waals surface area contributed by atoms with E-state index in [-0.39, 0.29) is 11.3 Å². The van der Waals surface area contributed by atoms with Crippen molar-refractivity contribution in [3.8, 4) is 0 Å². The number of carbonyl (C=O) groups excluding carboxylic acids is 1. The van der Waals surface area contributed by atoms with Crippen LogP contribution in [-0.2, 0) is 31.4 Å². The van der Waals surface area contributed by atoms with Gasteiger partial charge in [0, 0.05) is 16.3 Å². The molecule has 0 heterocycles. The molecular formula is C31H33ClF3NO5S2. The molecule has 4 rings (SSSR count). The fourth-order valence-electron chi connectivity index (χ4n) is 5.52. The number of ether oxygens (including phenoxy) is 1. The molecule has 12 heteroatoms. The van der Waals surface area contributed by atoms with Crippen LogP contribution in [0.5, 0.6) is 0 Å². The van der Waals surface area contributed by atoms with Crippen LogP contribution in [0, 0.1) is 6.92 Å². The zero-order chi connectivity index (χ0) is 31.8. The molecule has 2 N–H and O–H groups in total. The summed E-state index contributed by atoms with van der Waals surface area (Å²) in [5, 5.41) is 11.5. The molecule has 0 spiro atoms. The lowest BCUT2D eigenvalue weighted by Crippen LogP contribution is -2.51. The summed E-state index contributed by atoms with van der Waals surface area (Å²) < 4.78 is 77.8. The average molecular weight is 656 g/mol. The van der Waals surface area contributed by atoms with E-state index in [0.717, 1.165) is 5.56 Å². The highest BCUT2D eigenvalue weighted by Gasteiger charge is 2.57. The molecule has 0 aliphatic heterocycles. The topological polar surface area (TPSA) is 92.7 Å². The second-order valence-electron chi connectivity index (χ2n) is 11.5. The zero-order valence-electron chi connectivity index (χ0n) is 24.0. The average Bonchev–Trinajstić information content (AvgIpc) is 3.23. The van der Waals surface area contributed by atoms with Crippen LogP contribution >= 0.6 is 23.4 Å². The molecule has 3 aromatic rings. The minimum absolute atomic E-state index is 0.00644. The third-order valence-electron chi connectivity index (χ3n) is 7.67. The van der Waals surface area contributed by atoms with Gasteiger partial charge in [0.1, 0.15) is 6.10 Å². The van der Waals surface area contributed by atoms with Crippen molar-refractivity contribution in [2.24, 2.45) is 0 Å².